The van der Waals surface area contributed by atoms with Crippen LogP contribution in [0.25, 0.3) is 22.3 Å². The van der Waals surface area contributed by atoms with Crippen LogP contribution in [0.15, 0.2) is 53.3 Å². The summed E-state index contributed by atoms with van der Waals surface area (Å²) in [6.45, 7) is 8.93. The number of nitrogens with zero attached hydrogens (tertiary/aromatic N) is 2. The summed E-state index contributed by atoms with van der Waals surface area (Å²) in [6.07, 6.45) is -0.0463. The quantitative estimate of drug-likeness (QED) is 0.404. The van der Waals surface area contributed by atoms with Gasteiger partial charge in [0.05, 0.1) is 23.6 Å². The molecule has 0 saturated carbocycles. The van der Waals surface area contributed by atoms with Crippen LogP contribution in [0.5, 0.6) is 0 Å². The van der Waals surface area contributed by atoms with E-state index in [2.05, 4.69) is 16.3 Å². The van der Waals surface area contributed by atoms with E-state index < -0.39 is 28.9 Å². The predicted octanol–water partition coefficient (Wildman–Crippen LogP) is 3.49. The van der Waals surface area contributed by atoms with Gasteiger partial charge in [-0.15, -0.1) is 4.73 Å². The Balaban J connectivity index is 2.21. The summed E-state index contributed by atoms with van der Waals surface area (Å²) >= 11 is 0. The van der Waals surface area contributed by atoms with Crippen molar-refractivity contribution in [2.24, 2.45) is 0 Å². The molecule has 3 rings (SSSR count). The Bertz CT molecular complexity index is 1350. The maximum absolute atomic E-state index is 14.1. The van der Waals surface area contributed by atoms with E-state index in [1.54, 1.807) is 20.8 Å². The number of hydrogen-bond donors (Lipinski definition) is 0. The van der Waals surface area contributed by atoms with Crippen molar-refractivity contribution in [3.8, 4) is 11.4 Å². The molecular formula is C25H25FN2O6. The lowest BCUT2D eigenvalue weighted by atomic mass is 9.99. The third-order valence-electron chi connectivity index (χ3n) is 4.83. The standard InChI is InChI=1S/C25H25FN2O6/c1-14(23(30)32-5)11-16-12-17(26)8-10-18(16)21-27-20-13-15(24(31)34-25(2,3)4)7-9-19(20)22(29)28(21)33-6/h7-10,12-13H,1,11H2,2-6H3. The molecule has 0 fully saturated rings. The molecule has 0 aliphatic carbocycles. The minimum atomic E-state index is -0.699. The van der Waals surface area contributed by atoms with Crippen LogP contribution in [-0.4, -0.2) is 41.5 Å². The molecular weight excluding hydrogens is 443 g/mol. The summed E-state index contributed by atoms with van der Waals surface area (Å²) in [7, 11) is 2.51. The monoisotopic (exact) mass is 468 g/mol. The maximum atomic E-state index is 14.1. The molecule has 0 spiro atoms. The molecule has 0 saturated heterocycles. The van der Waals surface area contributed by atoms with Gasteiger partial charge in [-0.3, -0.25) is 4.79 Å². The molecule has 0 bridgehead atoms. The molecule has 34 heavy (non-hydrogen) atoms. The largest absolute Gasteiger partial charge is 0.466 e. The number of fused-ring (bicyclic) bond motifs is 1. The number of ether oxygens (including phenoxy) is 2. The van der Waals surface area contributed by atoms with Gasteiger partial charge in [-0.05, 0) is 62.7 Å². The van der Waals surface area contributed by atoms with Gasteiger partial charge in [0.15, 0.2) is 5.82 Å². The van der Waals surface area contributed by atoms with Crippen molar-refractivity contribution in [1.82, 2.24) is 9.71 Å². The molecule has 2 aromatic carbocycles. The van der Waals surface area contributed by atoms with Crippen LogP contribution in [0.4, 0.5) is 4.39 Å². The molecule has 0 atom stereocenters. The Morgan fingerprint density at radius 3 is 2.44 bits per heavy atom. The van der Waals surface area contributed by atoms with Crippen molar-refractivity contribution in [3.63, 3.8) is 0 Å². The fourth-order valence-corrected chi connectivity index (χ4v) is 3.35. The van der Waals surface area contributed by atoms with Gasteiger partial charge in [0.1, 0.15) is 18.5 Å². The van der Waals surface area contributed by atoms with E-state index in [4.69, 9.17) is 9.57 Å². The van der Waals surface area contributed by atoms with Crippen molar-refractivity contribution in [3.05, 3.63) is 75.8 Å². The average molecular weight is 468 g/mol. The lowest BCUT2D eigenvalue weighted by Crippen LogP contribution is -2.28. The first kappa shape index (κ1) is 24.6. The number of methoxy groups -OCH3 is 1. The molecule has 8 nitrogen and oxygen atoms in total. The zero-order valence-electron chi connectivity index (χ0n) is 19.6. The molecule has 1 aromatic heterocycles. The summed E-state index contributed by atoms with van der Waals surface area (Å²) in [5, 5.41) is 0.209. The van der Waals surface area contributed by atoms with Crippen LogP contribution in [0.3, 0.4) is 0 Å². The maximum Gasteiger partial charge on any atom is 0.338 e. The number of rotatable bonds is 6. The van der Waals surface area contributed by atoms with Crippen LogP contribution in [0, 0.1) is 5.82 Å². The average Bonchev–Trinajstić information content (AvgIpc) is 2.77. The van der Waals surface area contributed by atoms with Gasteiger partial charge < -0.3 is 14.3 Å². The number of halogens is 1. The second kappa shape index (κ2) is 9.46. The van der Waals surface area contributed by atoms with Gasteiger partial charge in [0.25, 0.3) is 5.56 Å². The Morgan fingerprint density at radius 2 is 1.82 bits per heavy atom. The Labute approximate surface area is 195 Å². The second-order valence-corrected chi connectivity index (χ2v) is 8.52. The summed E-state index contributed by atoms with van der Waals surface area (Å²) in [6, 6.07) is 8.24. The zero-order valence-corrected chi connectivity index (χ0v) is 19.6. The molecule has 0 amide bonds. The minimum absolute atomic E-state index is 0.0463. The van der Waals surface area contributed by atoms with Gasteiger partial charge in [-0.2, -0.15) is 0 Å². The van der Waals surface area contributed by atoms with Gasteiger partial charge >= 0.3 is 11.9 Å². The lowest BCUT2D eigenvalue weighted by Gasteiger charge is -2.19. The number of carbonyl (C=O) groups excluding carboxylic acids is 2. The van der Waals surface area contributed by atoms with Crippen LogP contribution in [-0.2, 0) is 20.7 Å². The summed E-state index contributed by atoms with van der Waals surface area (Å²) in [4.78, 5) is 47.3. The highest BCUT2D eigenvalue weighted by Gasteiger charge is 2.22. The van der Waals surface area contributed by atoms with Gasteiger partial charge in [0.2, 0.25) is 0 Å². The zero-order chi connectivity index (χ0) is 25.2. The highest BCUT2D eigenvalue weighted by atomic mass is 19.1. The highest BCUT2D eigenvalue weighted by molar-refractivity contribution is 5.94. The molecule has 0 N–H and O–H groups in total. The molecule has 0 radical (unpaired) electrons. The Morgan fingerprint density at radius 1 is 1.12 bits per heavy atom. The van der Waals surface area contributed by atoms with E-state index in [1.807, 2.05) is 0 Å². The van der Waals surface area contributed by atoms with Crippen LogP contribution >= 0.6 is 0 Å². The number of benzene rings is 2. The number of aromatic nitrogens is 2. The predicted molar refractivity (Wildman–Crippen MR) is 124 cm³/mol. The lowest BCUT2D eigenvalue weighted by molar-refractivity contribution is -0.136. The SMILES string of the molecule is C=C(Cc1cc(F)ccc1-c1nc2cc(C(=O)OC(C)(C)C)ccc2c(=O)n1OC)C(=O)OC. The highest BCUT2D eigenvalue weighted by Crippen LogP contribution is 2.26. The number of carbonyl (C=O) groups is 2. The van der Waals surface area contributed by atoms with Crippen molar-refractivity contribution in [2.45, 2.75) is 32.8 Å². The summed E-state index contributed by atoms with van der Waals surface area (Å²) < 4.78 is 25.1. The molecule has 0 aliphatic heterocycles. The van der Waals surface area contributed by atoms with Crippen molar-refractivity contribution >= 4 is 22.8 Å². The van der Waals surface area contributed by atoms with Gasteiger partial charge in [-0.1, -0.05) is 6.58 Å². The van der Waals surface area contributed by atoms with Gasteiger partial charge in [0, 0.05) is 17.6 Å². The summed E-state index contributed by atoms with van der Waals surface area (Å²) in [5.74, 6) is -1.69. The normalized spacial score (nSPS) is 11.2. The van der Waals surface area contributed by atoms with Crippen molar-refractivity contribution in [2.75, 3.05) is 14.2 Å². The van der Waals surface area contributed by atoms with Crippen molar-refractivity contribution in [1.29, 1.82) is 0 Å². The van der Waals surface area contributed by atoms with Crippen LogP contribution in [0.1, 0.15) is 36.7 Å². The number of esters is 2. The number of hydrogen-bond acceptors (Lipinski definition) is 7. The third kappa shape index (κ3) is 5.14. The van der Waals surface area contributed by atoms with E-state index in [1.165, 1.54) is 50.6 Å². The van der Waals surface area contributed by atoms with E-state index in [-0.39, 0.29) is 34.3 Å². The second-order valence-electron chi connectivity index (χ2n) is 8.52. The Kier molecular flexibility index (Phi) is 6.85. The molecule has 9 heteroatoms. The fourth-order valence-electron chi connectivity index (χ4n) is 3.35. The van der Waals surface area contributed by atoms with E-state index in [9.17, 15) is 18.8 Å². The van der Waals surface area contributed by atoms with Gasteiger partial charge in [-0.25, -0.2) is 19.0 Å². The molecule has 0 aliphatic rings. The van der Waals surface area contributed by atoms with E-state index >= 15 is 0 Å². The van der Waals surface area contributed by atoms with Crippen LogP contribution < -0.4 is 10.4 Å². The van der Waals surface area contributed by atoms with Crippen molar-refractivity contribution < 1.29 is 28.3 Å². The van der Waals surface area contributed by atoms with E-state index in [0.717, 1.165) is 4.73 Å². The van der Waals surface area contributed by atoms with E-state index in [0.29, 0.717) is 11.1 Å². The molecule has 0 unspecified atom stereocenters. The Hall–Kier alpha value is -4.01. The molecule has 178 valence electrons. The molecule has 3 aromatic rings. The minimum Gasteiger partial charge on any atom is -0.466 e. The molecule has 1 heterocycles. The van der Waals surface area contributed by atoms with Crippen LogP contribution in [0.2, 0.25) is 0 Å². The topological polar surface area (TPSA) is 96.7 Å². The fraction of sp³-hybridized carbons (Fsp3) is 0.280. The first-order chi connectivity index (χ1) is 15.9. The summed E-state index contributed by atoms with van der Waals surface area (Å²) in [5.41, 5.74) is -0.0120. The first-order valence-electron chi connectivity index (χ1n) is 10.3. The third-order valence-corrected chi connectivity index (χ3v) is 4.83. The smallest absolute Gasteiger partial charge is 0.338 e. The first-order valence-corrected chi connectivity index (χ1v) is 10.3.